The van der Waals surface area contributed by atoms with Gasteiger partial charge in [0.05, 0.1) is 11.8 Å². The Labute approximate surface area is 140 Å². The molecule has 24 heavy (non-hydrogen) atoms. The van der Waals surface area contributed by atoms with Crippen LogP contribution in [0.15, 0.2) is 35.4 Å². The van der Waals surface area contributed by atoms with Gasteiger partial charge in [-0.15, -0.1) is 0 Å². The van der Waals surface area contributed by atoms with Gasteiger partial charge in [-0.2, -0.15) is 0 Å². The van der Waals surface area contributed by atoms with Gasteiger partial charge >= 0.3 is 5.97 Å². The fourth-order valence-electron chi connectivity index (χ4n) is 2.90. The van der Waals surface area contributed by atoms with E-state index in [1.807, 2.05) is 26.8 Å². The van der Waals surface area contributed by atoms with Gasteiger partial charge in [0.25, 0.3) is 5.91 Å². The number of aliphatic carboxylic acids is 1. The molecule has 2 atom stereocenters. The molecule has 2 unspecified atom stereocenters. The maximum absolute atomic E-state index is 12.4. The van der Waals surface area contributed by atoms with Crippen LogP contribution in [-0.2, 0) is 9.59 Å². The number of hydrogen-bond acceptors (Lipinski definition) is 3. The Morgan fingerprint density at radius 2 is 1.62 bits per heavy atom. The van der Waals surface area contributed by atoms with E-state index in [2.05, 4.69) is 10.9 Å². The van der Waals surface area contributed by atoms with E-state index in [1.165, 1.54) is 0 Å². The number of nitrogens with one attached hydrogen (secondary N) is 2. The molecule has 1 aliphatic carbocycles. The number of carboxylic acids is 1. The van der Waals surface area contributed by atoms with Crippen molar-refractivity contribution in [2.24, 2.45) is 11.8 Å². The molecule has 3 N–H and O–H groups in total. The van der Waals surface area contributed by atoms with Gasteiger partial charge in [0, 0.05) is 5.56 Å². The van der Waals surface area contributed by atoms with Crippen LogP contribution in [0.1, 0.15) is 42.6 Å². The standard InChI is InChI=1S/C18H22N2O4/c1-10-5-4-6-13(7-10)16(21)19-20-17(22)14-8-11(2)12(3)9-15(14)18(23)24/h4-7,14-15H,8-9H2,1-3H3,(H,19,21)(H,20,22)(H,23,24). The van der Waals surface area contributed by atoms with E-state index in [0.717, 1.165) is 16.7 Å². The topological polar surface area (TPSA) is 95.5 Å². The zero-order chi connectivity index (χ0) is 17.9. The van der Waals surface area contributed by atoms with E-state index in [4.69, 9.17) is 0 Å². The number of hydrogen-bond donors (Lipinski definition) is 3. The van der Waals surface area contributed by atoms with Crippen molar-refractivity contribution in [3.05, 3.63) is 46.5 Å². The maximum atomic E-state index is 12.4. The van der Waals surface area contributed by atoms with Crippen molar-refractivity contribution in [2.45, 2.75) is 33.6 Å². The summed E-state index contributed by atoms with van der Waals surface area (Å²) >= 11 is 0. The fraction of sp³-hybridized carbons (Fsp3) is 0.389. The van der Waals surface area contributed by atoms with Gasteiger partial charge < -0.3 is 5.11 Å². The van der Waals surface area contributed by atoms with Gasteiger partial charge in [-0.3, -0.25) is 25.2 Å². The first kappa shape index (κ1) is 17.7. The molecule has 0 bridgehead atoms. The van der Waals surface area contributed by atoms with E-state index >= 15 is 0 Å². The molecule has 128 valence electrons. The van der Waals surface area contributed by atoms with Gasteiger partial charge in [-0.25, -0.2) is 0 Å². The van der Waals surface area contributed by atoms with E-state index in [9.17, 15) is 19.5 Å². The van der Waals surface area contributed by atoms with Gasteiger partial charge in [0.2, 0.25) is 5.91 Å². The Hall–Kier alpha value is -2.63. The summed E-state index contributed by atoms with van der Waals surface area (Å²) in [5.74, 6) is -3.37. The molecule has 0 radical (unpaired) electrons. The Balaban J connectivity index is 2.03. The number of carbonyl (C=O) groups is 3. The van der Waals surface area contributed by atoms with Crippen molar-refractivity contribution in [3.63, 3.8) is 0 Å². The minimum absolute atomic E-state index is 0.352. The highest BCUT2D eigenvalue weighted by Crippen LogP contribution is 2.34. The molecule has 0 saturated heterocycles. The molecule has 2 rings (SSSR count). The summed E-state index contributed by atoms with van der Waals surface area (Å²) in [6.45, 7) is 5.66. The molecule has 0 saturated carbocycles. The lowest BCUT2D eigenvalue weighted by molar-refractivity contribution is -0.147. The number of aryl methyl sites for hydroxylation is 1. The van der Waals surface area contributed by atoms with Crippen molar-refractivity contribution >= 4 is 17.8 Å². The number of carbonyl (C=O) groups excluding carboxylic acids is 2. The summed E-state index contributed by atoms with van der Waals surface area (Å²) in [6, 6.07) is 6.97. The van der Waals surface area contributed by atoms with Crippen LogP contribution < -0.4 is 10.9 Å². The molecule has 0 aliphatic heterocycles. The van der Waals surface area contributed by atoms with Crippen LogP contribution in [-0.4, -0.2) is 22.9 Å². The third-order valence-electron chi connectivity index (χ3n) is 4.50. The highest BCUT2D eigenvalue weighted by molar-refractivity contribution is 5.96. The van der Waals surface area contributed by atoms with Gasteiger partial charge in [-0.05, 0) is 45.7 Å². The largest absolute Gasteiger partial charge is 0.481 e. The number of hydrazine groups is 1. The van der Waals surface area contributed by atoms with Crippen molar-refractivity contribution in [2.75, 3.05) is 0 Å². The smallest absolute Gasteiger partial charge is 0.307 e. The second-order valence-electron chi connectivity index (χ2n) is 6.33. The number of carboxylic acid groups (broad SMARTS) is 1. The normalized spacial score (nSPS) is 20.5. The number of benzene rings is 1. The summed E-state index contributed by atoms with van der Waals surface area (Å²) in [7, 11) is 0. The Morgan fingerprint density at radius 1 is 1.00 bits per heavy atom. The predicted octanol–water partition coefficient (Wildman–Crippen LogP) is 2.20. The molecule has 2 amide bonds. The summed E-state index contributed by atoms with van der Waals surface area (Å²) in [5, 5.41) is 9.36. The highest BCUT2D eigenvalue weighted by Gasteiger charge is 2.37. The third kappa shape index (κ3) is 4.01. The molecule has 6 nitrogen and oxygen atoms in total. The molecule has 0 spiro atoms. The maximum Gasteiger partial charge on any atom is 0.307 e. The first-order chi connectivity index (χ1) is 11.3. The molecule has 1 aliphatic rings. The number of allylic oxidation sites excluding steroid dienone is 2. The SMILES string of the molecule is CC1=C(C)CC(C(=O)NNC(=O)c2cccc(C)c2)C(C(=O)O)C1. The van der Waals surface area contributed by atoms with Gasteiger partial charge in [-0.1, -0.05) is 28.8 Å². The van der Waals surface area contributed by atoms with Crippen LogP contribution in [0.5, 0.6) is 0 Å². The van der Waals surface area contributed by atoms with Crippen LogP contribution in [0.3, 0.4) is 0 Å². The number of rotatable bonds is 3. The van der Waals surface area contributed by atoms with Crippen LogP contribution >= 0.6 is 0 Å². The zero-order valence-electron chi connectivity index (χ0n) is 14.1. The van der Waals surface area contributed by atoms with Crippen molar-refractivity contribution in [1.29, 1.82) is 0 Å². The van der Waals surface area contributed by atoms with Crippen LogP contribution in [0, 0.1) is 18.8 Å². The van der Waals surface area contributed by atoms with Gasteiger partial charge in [0.1, 0.15) is 0 Å². The first-order valence-corrected chi connectivity index (χ1v) is 7.84. The van der Waals surface area contributed by atoms with Crippen LogP contribution in [0.25, 0.3) is 0 Å². The molecular weight excluding hydrogens is 308 g/mol. The molecule has 1 aromatic rings. The summed E-state index contributed by atoms with van der Waals surface area (Å²) in [6.07, 6.45) is 0.736. The molecular formula is C18H22N2O4. The van der Waals surface area contributed by atoms with E-state index in [1.54, 1.807) is 18.2 Å². The second kappa shape index (κ2) is 7.29. The van der Waals surface area contributed by atoms with E-state index in [0.29, 0.717) is 18.4 Å². The van der Waals surface area contributed by atoms with Crippen molar-refractivity contribution < 1.29 is 19.5 Å². The third-order valence-corrected chi connectivity index (χ3v) is 4.50. The summed E-state index contributed by atoms with van der Waals surface area (Å²) < 4.78 is 0. The Kier molecular flexibility index (Phi) is 5.39. The quantitative estimate of drug-likeness (QED) is 0.585. The minimum atomic E-state index is -0.994. The van der Waals surface area contributed by atoms with Gasteiger partial charge in [0.15, 0.2) is 0 Å². The first-order valence-electron chi connectivity index (χ1n) is 7.84. The lowest BCUT2D eigenvalue weighted by Gasteiger charge is -2.29. The lowest BCUT2D eigenvalue weighted by Crippen LogP contribution is -2.48. The summed E-state index contributed by atoms with van der Waals surface area (Å²) in [4.78, 5) is 35.8. The second-order valence-corrected chi connectivity index (χ2v) is 6.33. The predicted molar refractivity (Wildman–Crippen MR) is 89.0 cm³/mol. The Morgan fingerprint density at radius 3 is 2.21 bits per heavy atom. The molecule has 0 aromatic heterocycles. The monoisotopic (exact) mass is 330 g/mol. The molecule has 6 heteroatoms. The van der Waals surface area contributed by atoms with E-state index in [-0.39, 0.29) is 0 Å². The average molecular weight is 330 g/mol. The van der Waals surface area contributed by atoms with Crippen molar-refractivity contribution in [3.8, 4) is 0 Å². The zero-order valence-corrected chi connectivity index (χ0v) is 14.1. The van der Waals surface area contributed by atoms with Crippen LogP contribution in [0.4, 0.5) is 0 Å². The number of amides is 2. The molecule has 1 aromatic carbocycles. The fourth-order valence-corrected chi connectivity index (χ4v) is 2.90. The average Bonchev–Trinajstić information content (AvgIpc) is 2.54. The minimum Gasteiger partial charge on any atom is -0.481 e. The van der Waals surface area contributed by atoms with Crippen LogP contribution in [0.2, 0.25) is 0 Å². The molecule has 0 fully saturated rings. The summed E-state index contributed by atoms with van der Waals surface area (Å²) in [5.41, 5.74) is 8.13. The van der Waals surface area contributed by atoms with E-state index < -0.39 is 29.6 Å². The Bertz CT molecular complexity index is 709. The molecule has 0 heterocycles. The lowest BCUT2D eigenvalue weighted by atomic mass is 9.76. The highest BCUT2D eigenvalue weighted by atomic mass is 16.4. The van der Waals surface area contributed by atoms with Crippen molar-refractivity contribution in [1.82, 2.24) is 10.9 Å².